The maximum absolute atomic E-state index is 15.3. The van der Waals surface area contributed by atoms with Gasteiger partial charge in [0.15, 0.2) is 5.78 Å². The molecule has 114 heavy (non-hydrogen) atoms. The average Bonchev–Trinajstić information content (AvgIpc) is 1.63. The fourth-order valence-corrected chi connectivity index (χ4v) is 14.8. The molecule has 12 bridgehead atoms. The highest BCUT2D eigenvalue weighted by Gasteiger charge is 2.49. The van der Waals surface area contributed by atoms with E-state index in [0.29, 0.717) is 70.8 Å². The summed E-state index contributed by atoms with van der Waals surface area (Å²) in [6.07, 6.45) is 4.50. The van der Waals surface area contributed by atoms with Crippen LogP contribution >= 0.6 is 0 Å². The number of nitrogens with one attached hydrogen (secondary N) is 7. The van der Waals surface area contributed by atoms with Crippen LogP contribution in [0.4, 0.5) is 0 Å². The van der Waals surface area contributed by atoms with Gasteiger partial charge in [-0.1, -0.05) is 161 Å². The maximum atomic E-state index is 15.3. The van der Waals surface area contributed by atoms with Crippen LogP contribution in [0.15, 0.2) is 146 Å². The quantitative estimate of drug-likeness (QED) is 0.0581. The smallest absolute Gasteiger partial charge is 0.326 e. The third-order valence-electron chi connectivity index (χ3n) is 21.8. The van der Waals surface area contributed by atoms with Crippen LogP contribution in [0.25, 0.3) is 21.5 Å². The topological polar surface area (TPSA) is 382 Å². The number of amides is 7. The number of fused-ring (bicyclic) bond motifs is 2. The first-order valence-electron chi connectivity index (χ1n) is 39.1. The van der Waals surface area contributed by atoms with Gasteiger partial charge >= 0.3 is 11.9 Å². The molecule has 2 saturated heterocycles. The number of hydrogen-bond acceptors (Lipinski definition) is 18. The van der Waals surface area contributed by atoms with Crippen LogP contribution in [0.5, 0.6) is 11.5 Å². The van der Waals surface area contributed by atoms with E-state index in [9.17, 15) is 34.2 Å². The fraction of sp³-hybridized carbons (Fsp3) is 0.459. The summed E-state index contributed by atoms with van der Waals surface area (Å²) in [7, 11) is 3.25. The summed E-state index contributed by atoms with van der Waals surface area (Å²) in [5, 5.41) is 63.5. The van der Waals surface area contributed by atoms with Crippen LogP contribution in [-0.4, -0.2) is 204 Å². The number of rotatable bonds is 14. The number of aromatic nitrogens is 6. The van der Waals surface area contributed by atoms with Crippen molar-refractivity contribution in [2.24, 2.45) is 16.7 Å². The molecular weight excluding hydrogens is 1460 g/mol. The highest BCUT2D eigenvalue weighted by molar-refractivity contribution is 5.99. The Hall–Kier alpha value is -11.5. The standard InChI is InChI=1S/C85H105N15O14/c1-50(86-9)75(102)91-73(84(3,4)5)80(107)97-48-63-44-70(97)78(105)88-67(41-54-23-29-56-17-11-13-19-58(56)38-54)72(101)43-60(82(109)110)37-52-25-31-65(32-26-52)113-35-15-21-62-47-100(96-94-62)64-45-71(98(49-64)81(108)74(85(6,7)8)92-76(103)51(2)87-10)79(106)89-68(42-55-24-30-57-18-12-14-20-59(57)39-55)77(104)90-69(83(111)112)40-53-27-33-66(34-28-53)114-36-16-22-61-46-99(63)95-93-61/h11-14,17-20,23-34,38-39,46-47,50-51,60,63-64,67-71,73-74,86-87H,15-16,21-22,35-37,40-45,48-49H2,1-10H3,(H,88,105)(H,89,106)(H,90,104)(H,91,102)(H,92,103)(H,109,110)(H,111,112)/t50-,51-,60+,63-,64-,67-,68-,69-,70-,71-,73+,74+/m0/s1. The van der Waals surface area contributed by atoms with Gasteiger partial charge in [-0.2, -0.15) is 0 Å². The van der Waals surface area contributed by atoms with Gasteiger partial charge in [0.05, 0.1) is 60.7 Å². The van der Waals surface area contributed by atoms with E-state index in [1.807, 2.05) is 106 Å². The zero-order valence-corrected chi connectivity index (χ0v) is 66.3. The number of nitrogens with zero attached hydrogens (tertiary/aromatic N) is 8. The highest BCUT2D eigenvalue weighted by atomic mass is 16.5. The van der Waals surface area contributed by atoms with Gasteiger partial charge in [0.25, 0.3) is 0 Å². The molecule has 2 fully saturated rings. The van der Waals surface area contributed by atoms with E-state index < -0.39 is 149 Å². The lowest BCUT2D eigenvalue weighted by molar-refractivity contribution is -0.145. The van der Waals surface area contributed by atoms with Crippen LogP contribution in [0, 0.1) is 16.7 Å². The fourth-order valence-electron chi connectivity index (χ4n) is 14.8. The number of Topliss-reactive ketones (excluding diaryl/α,β-unsaturated/α-hetero) is 1. The summed E-state index contributed by atoms with van der Waals surface area (Å²) < 4.78 is 15.5. The molecule has 6 aromatic carbocycles. The van der Waals surface area contributed by atoms with E-state index in [1.54, 1.807) is 119 Å². The number of ether oxygens (including phenoxy) is 2. The summed E-state index contributed by atoms with van der Waals surface area (Å²) in [4.78, 5) is 147. The number of hydrogen-bond donors (Lipinski definition) is 9. The van der Waals surface area contributed by atoms with Crippen molar-refractivity contribution in [3.63, 3.8) is 0 Å². The second-order valence-corrected chi connectivity index (χ2v) is 32.4. The Balaban J connectivity index is 0.882. The van der Waals surface area contributed by atoms with Crippen LogP contribution in [0.1, 0.15) is 133 Å². The predicted octanol–water partition coefficient (Wildman–Crippen LogP) is 6.24. The third-order valence-corrected chi connectivity index (χ3v) is 21.8. The Morgan fingerprint density at radius 1 is 0.518 bits per heavy atom. The summed E-state index contributed by atoms with van der Waals surface area (Å²) in [5.74, 6) is -7.46. The van der Waals surface area contributed by atoms with E-state index in [2.05, 4.69) is 57.8 Å². The number of aryl methyl sites for hydroxylation is 2. The van der Waals surface area contributed by atoms with Crippen molar-refractivity contribution in [1.29, 1.82) is 0 Å². The monoisotopic (exact) mass is 1560 g/mol. The number of carboxylic acid groups (broad SMARTS) is 2. The molecule has 6 aliphatic rings. The molecular formula is C85H105N15O14. The minimum Gasteiger partial charge on any atom is -0.494 e. The van der Waals surface area contributed by atoms with Crippen molar-refractivity contribution < 1.29 is 67.6 Å². The molecule has 0 saturated carbocycles. The Kier molecular flexibility index (Phi) is 27.1. The molecule has 0 aliphatic carbocycles. The van der Waals surface area contributed by atoms with Gasteiger partial charge in [-0.05, 0) is 145 Å². The van der Waals surface area contributed by atoms with Gasteiger partial charge < -0.3 is 66.7 Å². The molecule has 29 nitrogen and oxygen atoms in total. The van der Waals surface area contributed by atoms with Gasteiger partial charge in [-0.15, -0.1) is 10.2 Å². The molecule has 0 spiro atoms. The molecule has 8 heterocycles. The Bertz CT molecular complexity index is 4490. The Morgan fingerprint density at radius 3 is 1.36 bits per heavy atom. The van der Waals surface area contributed by atoms with E-state index in [1.165, 1.54) is 9.80 Å². The highest BCUT2D eigenvalue weighted by Crippen LogP contribution is 2.35. The Labute approximate surface area is 662 Å². The molecule has 9 N–H and O–H groups in total. The van der Waals surface area contributed by atoms with Gasteiger partial charge in [0, 0.05) is 57.6 Å². The minimum atomic E-state index is -1.47. The largest absolute Gasteiger partial charge is 0.494 e. The van der Waals surface area contributed by atoms with Crippen LogP contribution in [0.3, 0.4) is 0 Å². The molecule has 7 amide bonds. The molecule has 604 valence electrons. The number of likely N-dealkylation sites (N-methyl/N-ethyl adjacent to an activating group) is 2. The SMILES string of the molecule is CN[C@@H](C)C(=O)N[C@H](C(=O)N1C[C@@H]2C[C@H]1C(=O)N[C@@H](Cc1ccc3ccccc3c1)C(=O)C[C@H](C(=O)O)Cc1ccc(cc1)OCCCc1cn(nn1)[C@H]1C[C@@H](C(=O)N[C@@H](Cc3ccc4ccccc4c3)C(=O)N[C@H](C(=O)O)Cc3ccc(cc3)OCCCc3cn2nn3)N(C(=O)[C@@H](NC(=O)[C@H](C)NC)C(C)(C)C)C1)C(C)(C)C. The number of ketones is 1. The summed E-state index contributed by atoms with van der Waals surface area (Å²) >= 11 is 0. The second-order valence-electron chi connectivity index (χ2n) is 32.4. The van der Waals surface area contributed by atoms with Crippen molar-refractivity contribution in [1.82, 2.24) is 77.0 Å². The molecule has 0 radical (unpaired) electrons. The van der Waals surface area contributed by atoms with E-state index in [-0.39, 0.29) is 64.8 Å². The summed E-state index contributed by atoms with van der Waals surface area (Å²) in [5.41, 5.74) is 1.95. The minimum absolute atomic E-state index is 0.0101. The molecule has 6 aliphatic heterocycles. The van der Waals surface area contributed by atoms with Crippen molar-refractivity contribution in [2.75, 3.05) is 40.4 Å². The lowest BCUT2D eigenvalue weighted by Gasteiger charge is -2.36. The average molecular weight is 1560 g/mol. The van der Waals surface area contributed by atoms with Crippen LogP contribution in [-0.2, 0) is 86.5 Å². The van der Waals surface area contributed by atoms with E-state index in [4.69, 9.17) is 9.47 Å². The number of carboxylic acids is 2. The lowest BCUT2D eigenvalue weighted by atomic mass is 9.85. The number of carbonyl (C=O) groups excluding carboxylic acids is 8. The van der Waals surface area contributed by atoms with Crippen LogP contribution in [0.2, 0.25) is 0 Å². The molecule has 8 aromatic rings. The number of likely N-dealkylation sites (tertiary alicyclic amines) is 2. The van der Waals surface area contributed by atoms with Crippen molar-refractivity contribution in [3.8, 4) is 11.5 Å². The molecule has 12 atom stereocenters. The van der Waals surface area contributed by atoms with Gasteiger partial charge in [-0.25, -0.2) is 14.2 Å². The second kappa shape index (κ2) is 37.0. The maximum Gasteiger partial charge on any atom is 0.326 e. The van der Waals surface area contributed by atoms with Gasteiger partial charge in [0.2, 0.25) is 41.4 Å². The first kappa shape index (κ1) is 83.5. The molecule has 29 heteroatoms. The Morgan fingerprint density at radius 2 is 0.939 bits per heavy atom. The number of carbonyl (C=O) groups is 10. The molecule has 14 rings (SSSR count). The first-order valence-corrected chi connectivity index (χ1v) is 39.1. The predicted molar refractivity (Wildman–Crippen MR) is 426 cm³/mol. The zero-order chi connectivity index (χ0) is 81.7. The van der Waals surface area contributed by atoms with Gasteiger partial charge in [0.1, 0.15) is 47.8 Å². The van der Waals surface area contributed by atoms with Gasteiger partial charge in [-0.3, -0.25) is 43.2 Å². The number of benzene rings is 6. The summed E-state index contributed by atoms with van der Waals surface area (Å²) in [6, 6.07) is 29.0. The van der Waals surface area contributed by atoms with E-state index >= 15 is 24.0 Å². The van der Waals surface area contributed by atoms with Crippen molar-refractivity contribution in [2.45, 2.75) is 192 Å². The summed E-state index contributed by atoms with van der Waals surface area (Å²) in [6.45, 7) is 14.5. The van der Waals surface area contributed by atoms with Crippen molar-refractivity contribution in [3.05, 3.63) is 179 Å². The third kappa shape index (κ3) is 21.2. The zero-order valence-electron chi connectivity index (χ0n) is 66.3. The first-order chi connectivity index (χ1) is 54.4. The van der Waals surface area contributed by atoms with E-state index in [0.717, 1.165) is 21.5 Å². The van der Waals surface area contributed by atoms with Crippen molar-refractivity contribution >= 4 is 80.6 Å². The van der Waals surface area contributed by atoms with Crippen LogP contribution < -0.4 is 46.7 Å². The number of aliphatic carboxylic acids is 2. The molecule has 2 aromatic heterocycles. The molecule has 0 unspecified atom stereocenters. The lowest BCUT2D eigenvalue weighted by Crippen LogP contribution is -2.60. The normalized spacial score (nSPS) is 21.8.